The molecule has 0 aliphatic carbocycles. The topological polar surface area (TPSA) is 15.7 Å². The Kier molecular flexibility index (Phi) is 6.47. The molecule has 0 aromatic heterocycles. The maximum absolute atomic E-state index is 12.7. The van der Waals surface area contributed by atoms with Gasteiger partial charge in [0.05, 0.1) is 5.56 Å². The number of hydrogen-bond acceptors (Lipinski definition) is 3. The Morgan fingerprint density at radius 1 is 0.710 bits per heavy atom. The predicted octanol–water partition coefficient (Wildman–Crippen LogP) is 5.61. The van der Waals surface area contributed by atoms with Gasteiger partial charge in [0.25, 0.3) is 0 Å². The summed E-state index contributed by atoms with van der Waals surface area (Å²) in [4.78, 5) is 4.51. The summed E-state index contributed by atoms with van der Waals surface area (Å²) in [7, 11) is 0. The molecule has 4 rings (SSSR count). The molecular formula is C25H25F3N2O. The van der Waals surface area contributed by atoms with Gasteiger partial charge in [-0.3, -0.25) is 4.90 Å². The van der Waals surface area contributed by atoms with E-state index in [4.69, 9.17) is 4.74 Å². The minimum Gasteiger partial charge on any atom is -0.489 e. The molecule has 1 heterocycles. The maximum Gasteiger partial charge on any atom is 0.416 e. The molecule has 1 saturated heterocycles. The number of anilines is 1. The lowest BCUT2D eigenvalue weighted by atomic mass is 10.1. The first-order valence-electron chi connectivity index (χ1n) is 10.4. The molecule has 0 N–H and O–H groups in total. The smallest absolute Gasteiger partial charge is 0.416 e. The van der Waals surface area contributed by atoms with Crippen molar-refractivity contribution in [1.82, 2.24) is 4.90 Å². The van der Waals surface area contributed by atoms with Gasteiger partial charge in [0.1, 0.15) is 12.4 Å². The number of rotatable bonds is 6. The molecule has 1 aliphatic heterocycles. The van der Waals surface area contributed by atoms with Crippen LogP contribution < -0.4 is 9.64 Å². The molecule has 3 aromatic carbocycles. The molecule has 162 valence electrons. The fourth-order valence-corrected chi connectivity index (χ4v) is 3.71. The Morgan fingerprint density at radius 2 is 1.32 bits per heavy atom. The second kappa shape index (κ2) is 9.43. The van der Waals surface area contributed by atoms with Gasteiger partial charge < -0.3 is 9.64 Å². The number of ether oxygens (including phenoxy) is 1. The van der Waals surface area contributed by atoms with E-state index in [1.54, 1.807) is 12.1 Å². The molecule has 0 atom stereocenters. The highest BCUT2D eigenvalue weighted by molar-refractivity contribution is 5.48. The van der Waals surface area contributed by atoms with Crippen LogP contribution in [0.1, 0.15) is 16.7 Å². The van der Waals surface area contributed by atoms with Gasteiger partial charge >= 0.3 is 6.18 Å². The first-order chi connectivity index (χ1) is 15.0. The van der Waals surface area contributed by atoms with Gasteiger partial charge in [-0.05, 0) is 47.5 Å². The zero-order chi connectivity index (χ0) is 21.7. The minimum absolute atomic E-state index is 0.538. The summed E-state index contributed by atoms with van der Waals surface area (Å²) in [6.45, 7) is 4.75. The highest BCUT2D eigenvalue weighted by atomic mass is 19.4. The molecule has 3 aromatic rings. The highest BCUT2D eigenvalue weighted by Crippen LogP contribution is 2.30. The van der Waals surface area contributed by atoms with Crippen LogP contribution in [0.15, 0.2) is 78.9 Å². The van der Waals surface area contributed by atoms with Gasteiger partial charge in [-0.15, -0.1) is 0 Å². The SMILES string of the molecule is FC(F)(F)c1ccc(N2CCN(Cc3ccc(COc4ccccc4)cc3)CC2)cc1. The van der Waals surface area contributed by atoms with Crippen molar-refractivity contribution < 1.29 is 17.9 Å². The van der Waals surface area contributed by atoms with Gasteiger partial charge in [0.15, 0.2) is 0 Å². The first-order valence-corrected chi connectivity index (χ1v) is 10.4. The zero-order valence-electron chi connectivity index (χ0n) is 17.2. The number of para-hydroxylation sites is 1. The fourth-order valence-electron chi connectivity index (χ4n) is 3.71. The quantitative estimate of drug-likeness (QED) is 0.510. The third-order valence-electron chi connectivity index (χ3n) is 5.51. The van der Waals surface area contributed by atoms with Crippen LogP contribution in [0.5, 0.6) is 5.75 Å². The summed E-state index contributed by atoms with van der Waals surface area (Å²) >= 11 is 0. The van der Waals surface area contributed by atoms with Gasteiger partial charge in [-0.2, -0.15) is 13.2 Å². The Labute approximate surface area is 180 Å². The first kappa shape index (κ1) is 21.2. The summed E-state index contributed by atoms with van der Waals surface area (Å²) < 4.78 is 44.0. The van der Waals surface area contributed by atoms with E-state index in [1.165, 1.54) is 5.56 Å². The standard InChI is InChI=1S/C25H25F3N2O/c26-25(27,28)22-10-12-23(13-11-22)30-16-14-29(15-17-30)18-20-6-8-21(9-7-20)19-31-24-4-2-1-3-5-24/h1-13H,14-19H2. The summed E-state index contributed by atoms with van der Waals surface area (Å²) in [6.07, 6.45) is -4.29. The molecule has 3 nitrogen and oxygen atoms in total. The third-order valence-corrected chi connectivity index (χ3v) is 5.51. The predicted molar refractivity (Wildman–Crippen MR) is 116 cm³/mol. The number of nitrogens with zero attached hydrogens (tertiary/aromatic N) is 2. The van der Waals surface area contributed by atoms with E-state index in [1.807, 2.05) is 30.3 Å². The molecular weight excluding hydrogens is 401 g/mol. The molecule has 1 fully saturated rings. The Bertz CT molecular complexity index is 949. The maximum atomic E-state index is 12.7. The van der Waals surface area contributed by atoms with E-state index in [2.05, 4.69) is 34.1 Å². The molecule has 1 aliphatic rings. The van der Waals surface area contributed by atoms with Gasteiger partial charge in [0.2, 0.25) is 0 Å². The molecule has 6 heteroatoms. The second-order valence-electron chi connectivity index (χ2n) is 7.73. The third kappa shape index (κ3) is 5.79. The molecule has 0 unspecified atom stereocenters. The lowest BCUT2D eigenvalue weighted by molar-refractivity contribution is -0.137. The number of halogens is 3. The van der Waals surface area contributed by atoms with Gasteiger partial charge in [0, 0.05) is 38.4 Å². The van der Waals surface area contributed by atoms with Crippen LogP contribution in [0.2, 0.25) is 0 Å². The number of alkyl halides is 3. The average molecular weight is 426 g/mol. The van der Waals surface area contributed by atoms with E-state index in [9.17, 15) is 13.2 Å². The molecule has 0 bridgehead atoms. The van der Waals surface area contributed by atoms with Crippen molar-refractivity contribution >= 4 is 5.69 Å². The van der Waals surface area contributed by atoms with Crippen LogP contribution in [-0.2, 0) is 19.3 Å². The zero-order valence-corrected chi connectivity index (χ0v) is 17.2. The van der Waals surface area contributed by atoms with Crippen LogP contribution >= 0.6 is 0 Å². The summed E-state index contributed by atoms with van der Waals surface area (Å²) in [5, 5.41) is 0. The Morgan fingerprint density at radius 3 is 1.94 bits per heavy atom. The average Bonchev–Trinajstić information content (AvgIpc) is 2.79. The van der Waals surface area contributed by atoms with E-state index in [0.717, 1.165) is 61.9 Å². The fraction of sp³-hybridized carbons (Fsp3) is 0.280. The molecule has 0 spiro atoms. The van der Waals surface area contributed by atoms with Crippen molar-refractivity contribution in [3.63, 3.8) is 0 Å². The Hall–Kier alpha value is -2.99. The van der Waals surface area contributed by atoms with Crippen molar-refractivity contribution in [3.8, 4) is 5.75 Å². The summed E-state index contributed by atoms with van der Waals surface area (Å²) in [5.74, 6) is 0.859. The normalized spacial score (nSPS) is 15.1. The van der Waals surface area contributed by atoms with Crippen molar-refractivity contribution in [2.45, 2.75) is 19.3 Å². The van der Waals surface area contributed by atoms with E-state index in [-0.39, 0.29) is 0 Å². The summed E-state index contributed by atoms with van der Waals surface area (Å²) in [6, 6.07) is 23.7. The highest BCUT2D eigenvalue weighted by Gasteiger charge is 2.30. The lowest BCUT2D eigenvalue weighted by Gasteiger charge is -2.36. The molecule has 0 amide bonds. The van der Waals surface area contributed by atoms with Crippen molar-refractivity contribution in [3.05, 3.63) is 95.6 Å². The summed E-state index contributed by atoms with van der Waals surface area (Å²) in [5.41, 5.74) is 2.61. The number of hydrogen-bond donors (Lipinski definition) is 0. The van der Waals surface area contributed by atoms with Crippen molar-refractivity contribution in [1.29, 1.82) is 0 Å². The number of benzene rings is 3. The van der Waals surface area contributed by atoms with Crippen LogP contribution in [0.3, 0.4) is 0 Å². The van der Waals surface area contributed by atoms with Crippen molar-refractivity contribution in [2.75, 3.05) is 31.1 Å². The number of piperazine rings is 1. The van der Waals surface area contributed by atoms with E-state index in [0.29, 0.717) is 6.61 Å². The van der Waals surface area contributed by atoms with E-state index >= 15 is 0 Å². The molecule has 31 heavy (non-hydrogen) atoms. The minimum atomic E-state index is -4.29. The lowest BCUT2D eigenvalue weighted by Crippen LogP contribution is -2.45. The van der Waals surface area contributed by atoms with E-state index < -0.39 is 11.7 Å². The van der Waals surface area contributed by atoms with Gasteiger partial charge in [-0.25, -0.2) is 0 Å². The van der Waals surface area contributed by atoms with Crippen LogP contribution in [0.4, 0.5) is 18.9 Å². The monoisotopic (exact) mass is 426 g/mol. The molecule has 0 saturated carbocycles. The van der Waals surface area contributed by atoms with Crippen LogP contribution in [0, 0.1) is 0 Å². The van der Waals surface area contributed by atoms with Gasteiger partial charge in [-0.1, -0.05) is 42.5 Å². The van der Waals surface area contributed by atoms with Crippen molar-refractivity contribution in [2.24, 2.45) is 0 Å². The Balaban J connectivity index is 1.25. The van der Waals surface area contributed by atoms with Crippen LogP contribution in [0.25, 0.3) is 0 Å². The van der Waals surface area contributed by atoms with Crippen LogP contribution in [-0.4, -0.2) is 31.1 Å². The largest absolute Gasteiger partial charge is 0.489 e. The molecule has 0 radical (unpaired) electrons. The second-order valence-corrected chi connectivity index (χ2v) is 7.73.